The molecule has 0 aliphatic carbocycles. The number of hydrogen-bond acceptors (Lipinski definition) is 2. The lowest BCUT2D eigenvalue weighted by atomic mass is 10.3. The van der Waals surface area contributed by atoms with Crippen molar-refractivity contribution in [3.8, 4) is 0 Å². The van der Waals surface area contributed by atoms with Crippen molar-refractivity contribution in [2.75, 3.05) is 5.73 Å². The second kappa shape index (κ2) is 2.88. The summed E-state index contributed by atoms with van der Waals surface area (Å²) in [7, 11) is 1.86. The third-order valence-electron chi connectivity index (χ3n) is 1.45. The second-order valence-electron chi connectivity index (χ2n) is 2.30. The van der Waals surface area contributed by atoms with E-state index >= 15 is 0 Å². The van der Waals surface area contributed by atoms with E-state index in [-0.39, 0.29) is 5.16 Å². The lowest BCUT2D eigenvalue weighted by Crippen LogP contribution is -1.96. The number of hydrogen-bond donors (Lipinski definition) is 2. The predicted molar refractivity (Wildman–Crippen MR) is 47.8 cm³/mol. The minimum atomic E-state index is 0.239. The number of rotatable bonds is 1. The van der Waals surface area contributed by atoms with Gasteiger partial charge in [-0.2, -0.15) is 0 Å². The van der Waals surface area contributed by atoms with Crippen molar-refractivity contribution < 1.29 is 0 Å². The molecule has 60 valence electrons. The van der Waals surface area contributed by atoms with Crippen LogP contribution in [0, 0.1) is 0 Å². The number of nitrogens with zero attached hydrogens (tertiary/aromatic N) is 1. The van der Waals surface area contributed by atoms with Crippen LogP contribution in [-0.4, -0.2) is 4.57 Å². The van der Waals surface area contributed by atoms with E-state index < -0.39 is 0 Å². The van der Waals surface area contributed by atoms with Crippen molar-refractivity contribution in [3.63, 3.8) is 0 Å². The van der Waals surface area contributed by atoms with E-state index in [1.807, 2.05) is 19.3 Å². The summed E-state index contributed by atoms with van der Waals surface area (Å²) in [6, 6.07) is 1.85. The van der Waals surface area contributed by atoms with Crippen LogP contribution in [0.3, 0.4) is 0 Å². The molecule has 0 spiro atoms. The van der Waals surface area contributed by atoms with Crippen LogP contribution < -0.4 is 11.5 Å². The van der Waals surface area contributed by atoms with Gasteiger partial charge < -0.3 is 16.0 Å². The molecular weight excluding hydrogens is 162 g/mol. The molecule has 1 aromatic heterocycles. The van der Waals surface area contributed by atoms with Gasteiger partial charge in [0.05, 0.1) is 5.16 Å². The molecule has 1 heterocycles. The average Bonchev–Trinajstić information content (AvgIpc) is 2.18. The molecule has 0 aromatic carbocycles. The summed E-state index contributed by atoms with van der Waals surface area (Å²) in [6.45, 7) is 0. The molecule has 0 atom stereocenters. The van der Waals surface area contributed by atoms with Crippen LogP contribution in [0.15, 0.2) is 17.4 Å². The normalized spacial score (nSPS) is 12.0. The molecule has 1 aromatic rings. The van der Waals surface area contributed by atoms with Crippen molar-refractivity contribution in [2.24, 2.45) is 12.8 Å². The van der Waals surface area contributed by atoms with Crippen molar-refractivity contribution in [3.05, 3.63) is 23.0 Å². The lowest BCUT2D eigenvalue weighted by molar-refractivity contribution is 0.941. The van der Waals surface area contributed by atoms with E-state index in [9.17, 15) is 0 Å². The van der Waals surface area contributed by atoms with Crippen LogP contribution >= 0.6 is 11.6 Å². The van der Waals surface area contributed by atoms with Gasteiger partial charge >= 0.3 is 0 Å². The molecule has 0 bridgehead atoms. The quantitative estimate of drug-likeness (QED) is 0.622. The molecular formula is C7H10ClN3. The second-order valence-corrected chi connectivity index (χ2v) is 2.73. The molecule has 0 amide bonds. The molecule has 0 fully saturated rings. The highest BCUT2D eigenvalue weighted by molar-refractivity contribution is 6.31. The molecule has 4 heteroatoms. The Hall–Kier alpha value is -1.09. The number of nitrogens with two attached hydrogens (primary N) is 2. The van der Waals surface area contributed by atoms with Crippen LogP contribution in [0.1, 0.15) is 5.56 Å². The maximum atomic E-state index is 5.66. The summed E-state index contributed by atoms with van der Waals surface area (Å²) in [5.41, 5.74) is 11.8. The number of aromatic nitrogens is 1. The van der Waals surface area contributed by atoms with E-state index in [0.29, 0.717) is 5.82 Å². The van der Waals surface area contributed by atoms with E-state index in [4.69, 9.17) is 23.1 Å². The zero-order valence-corrected chi connectivity index (χ0v) is 6.97. The fraction of sp³-hybridized carbons (Fsp3) is 0.143. The maximum Gasteiger partial charge on any atom is 0.110 e. The van der Waals surface area contributed by atoms with Crippen molar-refractivity contribution in [1.82, 2.24) is 4.57 Å². The summed E-state index contributed by atoms with van der Waals surface area (Å²) in [6.07, 6.45) is 3.47. The summed E-state index contributed by atoms with van der Waals surface area (Å²) >= 11 is 5.47. The molecule has 0 saturated carbocycles. The molecule has 4 N–H and O–H groups in total. The highest BCUT2D eigenvalue weighted by Gasteiger charge is 1.98. The predicted octanol–water partition coefficient (Wildman–Crippen LogP) is 1.10. The largest absolute Gasteiger partial charge is 0.389 e. The number of anilines is 1. The summed E-state index contributed by atoms with van der Waals surface area (Å²) in [5, 5.41) is 0.239. The Bertz CT molecular complexity index is 284. The van der Waals surface area contributed by atoms with E-state index in [0.717, 1.165) is 5.56 Å². The van der Waals surface area contributed by atoms with E-state index in [2.05, 4.69) is 0 Å². The first-order chi connectivity index (χ1) is 5.11. The summed E-state index contributed by atoms with van der Waals surface area (Å²) < 4.78 is 1.80. The Morgan fingerprint density at radius 3 is 2.73 bits per heavy atom. The Morgan fingerprint density at radius 1 is 1.73 bits per heavy atom. The standard InChI is InChI=1S/C7H10ClN3/c1-11-3-2-5(7(11)10)4-6(8)9/h2-4H,9-10H2,1H3/b6-4-. The van der Waals surface area contributed by atoms with Gasteiger partial charge in [0.25, 0.3) is 0 Å². The van der Waals surface area contributed by atoms with Crippen LogP contribution in [0.25, 0.3) is 6.08 Å². The fourth-order valence-corrected chi connectivity index (χ4v) is 0.950. The van der Waals surface area contributed by atoms with E-state index in [1.54, 1.807) is 10.6 Å². The summed E-state index contributed by atoms with van der Waals surface area (Å²) in [5.74, 6) is 0.661. The highest BCUT2D eigenvalue weighted by atomic mass is 35.5. The van der Waals surface area contributed by atoms with Gasteiger partial charge in [0.1, 0.15) is 5.82 Å². The maximum absolute atomic E-state index is 5.66. The first kappa shape index (κ1) is 8.01. The molecule has 0 saturated heterocycles. The Morgan fingerprint density at radius 2 is 2.36 bits per heavy atom. The molecule has 0 aliphatic rings. The number of nitrogen functional groups attached to an aromatic ring is 1. The topological polar surface area (TPSA) is 57.0 Å². The van der Waals surface area contributed by atoms with Gasteiger partial charge in [0.15, 0.2) is 0 Å². The smallest absolute Gasteiger partial charge is 0.110 e. The highest BCUT2D eigenvalue weighted by Crippen LogP contribution is 2.15. The number of aryl methyl sites for hydroxylation is 1. The van der Waals surface area contributed by atoms with Gasteiger partial charge in [0, 0.05) is 18.8 Å². The molecule has 1 rings (SSSR count). The van der Waals surface area contributed by atoms with Gasteiger partial charge in [-0.1, -0.05) is 11.6 Å². The Labute approximate surface area is 70.2 Å². The minimum absolute atomic E-state index is 0.239. The first-order valence-corrected chi connectivity index (χ1v) is 3.52. The number of halogens is 1. The van der Waals surface area contributed by atoms with Gasteiger partial charge in [-0.05, 0) is 12.1 Å². The zero-order valence-electron chi connectivity index (χ0n) is 6.21. The van der Waals surface area contributed by atoms with E-state index in [1.165, 1.54) is 0 Å². The van der Waals surface area contributed by atoms with Gasteiger partial charge in [0.2, 0.25) is 0 Å². The first-order valence-electron chi connectivity index (χ1n) is 3.14. The van der Waals surface area contributed by atoms with Crippen molar-refractivity contribution in [1.29, 1.82) is 0 Å². The Kier molecular flexibility index (Phi) is 2.10. The SMILES string of the molecule is Cn1ccc(/C=C(\N)Cl)c1N. The molecule has 11 heavy (non-hydrogen) atoms. The van der Waals surface area contributed by atoms with Crippen molar-refractivity contribution >= 4 is 23.5 Å². The average molecular weight is 172 g/mol. The van der Waals surface area contributed by atoms with Crippen LogP contribution in [-0.2, 0) is 7.05 Å². The molecule has 0 unspecified atom stereocenters. The lowest BCUT2D eigenvalue weighted by Gasteiger charge is -1.96. The summed E-state index contributed by atoms with van der Waals surface area (Å²) in [4.78, 5) is 0. The van der Waals surface area contributed by atoms with Gasteiger partial charge in [-0.15, -0.1) is 0 Å². The molecule has 3 nitrogen and oxygen atoms in total. The zero-order chi connectivity index (χ0) is 8.43. The molecule has 0 radical (unpaired) electrons. The third-order valence-corrected chi connectivity index (χ3v) is 1.56. The monoisotopic (exact) mass is 171 g/mol. The third kappa shape index (κ3) is 1.68. The van der Waals surface area contributed by atoms with Crippen LogP contribution in [0.4, 0.5) is 5.82 Å². The molecule has 0 aliphatic heterocycles. The van der Waals surface area contributed by atoms with Gasteiger partial charge in [-0.25, -0.2) is 0 Å². The van der Waals surface area contributed by atoms with Crippen LogP contribution in [0.2, 0.25) is 0 Å². The van der Waals surface area contributed by atoms with Gasteiger partial charge in [-0.3, -0.25) is 0 Å². The fourth-order valence-electron chi connectivity index (χ4n) is 0.832. The minimum Gasteiger partial charge on any atom is -0.389 e. The van der Waals surface area contributed by atoms with Crippen molar-refractivity contribution in [2.45, 2.75) is 0 Å². The van der Waals surface area contributed by atoms with Crippen LogP contribution in [0.5, 0.6) is 0 Å². The Balaban J connectivity index is 3.06.